The normalized spacial score (nSPS) is 17.5. The SMILES string of the molecule is Cc1ccc(C2CC(c3cccs3)=NN2c2ccc(S(N)(=O)=O)cc2)s1. The molecule has 3 aromatic rings. The Bertz CT molecular complexity index is 1050. The number of hydrogen-bond donors (Lipinski definition) is 1. The number of aryl methyl sites for hydroxylation is 1. The van der Waals surface area contributed by atoms with Gasteiger partial charge in [-0.05, 0) is 54.8 Å². The van der Waals surface area contributed by atoms with Gasteiger partial charge in [-0.15, -0.1) is 22.7 Å². The lowest BCUT2D eigenvalue weighted by molar-refractivity contribution is 0.598. The molecule has 0 amide bonds. The Hall–Kier alpha value is -2.00. The highest BCUT2D eigenvalue weighted by Crippen LogP contribution is 2.40. The first-order valence-corrected chi connectivity index (χ1v) is 11.3. The van der Waals surface area contributed by atoms with Crippen LogP contribution in [0.5, 0.6) is 0 Å². The number of benzene rings is 1. The molecule has 0 spiro atoms. The van der Waals surface area contributed by atoms with Crippen molar-refractivity contribution in [2.75, 3.05) is 5.01 Å². The summed E-state index contributed by atoms with van der Waals surface area (Å²) >= 11 is 3.44. The van der Waals surface area contributed by atoms with Crippen molar-refractivity contribution < 1.29 is 8.42 Å². The zero-order valence-corrected chi connectivity index (χ0v) is 16.4. The predicted molar refractivity (Wildman–Crippen MR) is 108 cm³/mol. The van der Waals surface area contributed by atoms with Gasteiger partial charge in [-0.1, -0.05) is 6.07 Å². The number of hydrazone groups is 1. The average molecular weight is 404 g/mol. The number of thiophene rings is 2. The number of nitrogens with zero attached hydrogens (tertiary/aromatic N) is 2. The lowest BCUT2D eigenvalue weighted by Gasteiger charge is -2.22. The maximum absolute atomic E-state index is 11.5. The van der Waals surface area contributed by atoms with E-state index in [0.29, 0.717) is 0 Å². The van der Waals surface area contributed by atoms with E-state index in [-0.39, 0.29) is 10.9 Å². The van der Waals surface area contributed by atoms with Crippen molar-refractivity contribution in [2.24, 2.45) is 10.2 Å². The van der Waals surface area contributed by atoms with Crippen molar-refractivity contribution in [1.29, 1.82) is 0 Å². The van der Waals surface area contributed by atoms with Gasteiger partial charge < -0.3 is 0 Å². The van der Waals surface area contributed by atoms with E-state index in [1.165, 1.54) is 21.9 Å². The molecule has 1 aliphatic rings. The molecule has 134 valence electrons. The summed E-state index contributed by atoms with van der Waals surface area (Å²) in [5.74, 6) is 0. The van der Waals surface area contributed by atoms with E-state index in [1.807, 2.05) is 16.5 Å². The maximum Gasteiger partial charge on any atom is 0.238 e. The first-order chi connectivity index (χ1) is 12.4. The topological polar surface area (TPSA) is 75.8 Å². The van der Waals surface area contributed by atoms with Gasteiger partial charge in [0.05, 0.1) is 27.2 Å². The van der Waals surface area contributed by atoms with E-state index < -0.39 is 10.0 Å². The Morgan fingerprint density at radius 1 is 1.15 bits per heavy atom. The quantitative estimate of drug-likeness (QED) is 0.712. The minimum absolute atomic E-state index is 0.103. The molecular weight excluding hydrogens is 386 g/mol. The highest BCUT2D eigenvalue weighted by Gasteiger charge is 2.31. The molecule has 4 rings (SSSR count). The number of hydrogen-bond acceptors (Lipinski definition) is 6. The fourth-order valence-electron chi connectivity index (χ4n) is 2.98. The molecule has 26 heavy (non-hydrogen) atoms. The second kappa shape index (κ2) is 6.62. The summed E-state index contributed by atoms with van der Waals surface area (Å²) in [6, 6.07) is 15.0. The number of anilines is 1. The van der Waals surface area contributed by atoms with Crippen LogP contribution in [-0.4, -0.2) is 14.1 Å². The highest BCUT2D eigenvalue weighted by atomic mass is 32.2. The molecule has 1 unspecified atom stereocenters. The van der Waals surface area contributed by atoms with Gasteiger partial charge in [-0.3, -0.25) is 5.01 Å². The maximum atomic E-state index is 11.5. The van der Waals surface area contributed by atoms with Crippen LogP contribution in [-0.2, 0) is 10.0 Å². The molecule has 8 heteroatoms. The van der Waals surface area contributed by atoms with Gasteiger partial charge in [0.2, 0.25) is 10.0 Å². The number of primary sulfonamides is 1. The van der Waals surface area contributed by atoms with Crippen LogP contribution in [0.2, 0.25) is 0 Å². The largest absolute Gasteiger partial charge is 0.257 e. The lowest BCUT2D eigenvalue weighted by Crippen LogP contribution is -2.18. The van der Waals surface area contributed by atoms with Gasteiger partial charge in [-0.25, -0.2) is 13.6 Å². The summed E-state index contributed by atoms with van der Waals surface area (Å²) in [6.07, 6.45) is 0.817. The van der Waals surface area contributed by atoms with Gasteiger partial charge in [0.25, 0.3) is 0 Å². The molecule has 0 aliphatic carbocycles. The molecule has 3 heterocycles. The summed E-state index contributed by atoms with van der Waals surface area (Å²) in [6.45, 7) is 2.09. The van der Waals surface area contributed by atoms with Crippen LogP contribution in [0.1, 0.15) is 27.1 Å². The van der Waals surface area contributed by atoms with Crippen LogP contribution < -0.4 is 10.1 Å². The predicted octanol–water partition coefficient (Wildman–Crippen LogP) is 4.12. The molecule has 1 aliphatic heterocycles. The lowest BCUT2D eigenvalue weighted by atomic mass is 10.1. The third kappa shape index (κ3) is 3.33. The number of rotatable bonds is 4. The number of sulfonamides is 1. The molecule has 0 saturated heterocycles. The Labute approximate surface area is 160 Å². The van der Waals surface area contributed by atoms with Crippen molar-refractivity contribution >= 4 is 44.1 Å². The smallest absolute Gasteiger partial charge is 0.238 e. The van der Waals surface area contributed by atoms with Crippen LogP contribution in [0.15, 0.2) is 63.9 Å². The van der Waals surface area contributed by atoms with Crippen LogP contribution in [0.25, 0.3) is 0 Å². The average Bonchev–Trinajstić information content (AvgIpc) is 3.34. The van der Waals surface area contributed by atoms with E-state index in [2.05, 4.69) is 25.1 Å². The minimum Gasteiger partial charge on any atom is -0.257 e. The van der Waals surface area contributed by atoms with E-state index >= 15 is 0 Å². The van der Waals surface area contributed by atoms with Gasteiger partial charge in [0, 0.05) is 16.2 Å². The summed E-state index contributed by atoms with van der Waals surface area (Å²) in [5, 5.41) is 14.1. The van der Waals surface area contributed by atoms with E-state index in [4.69, 9.17) is 10.2 Å². The molecule has 2 N–H and O–H groups in total. The van der Waals surface area contributed by atoms with Crippen molar-refractivity contribution in [1.82, 2.24) is 0 Å². The summed E-state index contributed by atoms with van der Waals surface area (Å²) in [5.41, 5.74) is 1.89. The van der Waals surface area contributed by atoms with Crippen LogP contribution >= 0.6 is 22.7 Å². The molecule has 5 nitrogen and oxygen atoms in total. The third-order valence-electron chi connectivity index (χ3n) is 4.24. The second-order valence-electron chi connectivity index (χ2n) is 6.08. The fraction of sp³-hybridized carbons (Fsp3) is 0.167. The first-order valence-electron chi connectivity index (χ1n) is 8.01. The van der Waals surface area contributed by atoms with Gasteiger partial charge in [0.1, 0.15) is 0 Å². The fourth-order valence-corrected chi connectivity index (χ4v) is 5.18. The molecule has 1 aromatic carbocycles. The Kier molecular flexibility index (Phi) is 4.44. The molecule has 2 aromatic heterocycles. The Morgan fingerprint density at radius 3 is 2.50 bits per heavy atom. The summed E-state index contributed by atoms with van der Waals surface area (Å²) < 4.78 is 23.0. The van der Waals surface area contributed by atoms with E-state index in [9.17, 15) is 8.42 Å². The second-order valence-corrected chi connectivity index (χ2v) is 9.90. The zero-order chi connectivity index (χ0) is 18.3. The van der Waals surface area contributed by atoms with Crippen molar-refractivity contribution in [2.45, 2.75) is 24.3 Å². The van der Waals surface area contributed by atoms with Crippen LogP contribution in [0.3, 0.4) is 0 Å². The van der Waals surface area contributed by atoms with Crippen molar-refractivity contribution in [3.63, 3.8) is 0 Å². The third-order valence-corrected chi connectivity index (χ3v) is 7.19. The van der Waals surface area contributed by atoms with Crippen LogP contribution in [0.4, 0.5) is 5.69 Å². The monoisotopic (exact) mass is 403 g/mol. The molecule has 0 bridgehead atoms. The van der Waals surface area contributed by atoms with Crippen molar-refractivity contribution in [3.05, 3.63) is 68.5 Å². The summed E-state index contributed by atoms with van der Waals surface area (Å²) in [7, 11) is -3.70. The number of nitrogens with two attached hydrogens (primary N) is 1. The van der Waals surface area contributed by atoms with Gasteiger partial charge in [0.15, 0.2) is 0 Å². The molecule has 0 fully saturated rings. The minimum atomic E-state index is -3.70. The Morgan fingerprint density at radius 2 is 1.92 bits per heavy atom. The Balaban J connectivity index is 1.73. The molecule has 0 radical (unpaired) electrons. The zero-order valence-electron chi connectivity index (χ0n) is 14.0. The first kappa shape index (κ1) is 17.4. The van der Waals surface area contributed by atoms with Crippen molar-refractivity contribution in [3.8, 4) is 0 Å². The summed E-state index contributed by atoms with van der Waals surface area (Å²) in [4.78, 5) is 3.76. The highest BCUT2D eigenvalue weighted by molar-refractivity contribution is 7.89. The van der Waals surface area contributed by atoms with E-state index in [0.717, 1.165) is 22.7 Å². The van der Waals surface area contributed by atoms with E-state index in [1.54, 1.807) is 34.8 Å². The standard InChI is InChI=1S/C18H17N3O2S3/c1-12-4-9-18(25-12)16-11-15(17-3-2-10-24-17)20-21(16)13-5-7-14(8-6-13)26(19,22)23/h2-10,16H,11H2,1H3,(H2,19,22,23). The molecule has 0 saturated carbocycles. The van der Waals surface area contributed by atoms with Gasteiger partial charge >= 0.3 is 0 Å². The van der Waals surface area contributed by atoms with Gasteiger partial charge in [-0.2, -0.15) is 5.10 Å². The van der Waals surface area contributed by atoms with Crippen LogP contribution in [0, 0.1) is 6.92 Å². The molecular formula is C18H17N3O2S3. The molecule has 1 atom stereocenters.